The molecule has 1 amide bonds. The van der Waals surface area contributed by atoms with E-state index in [2.05, 4.69) is 5.32 Å². The molecule has 2 heterocycles. The zero-order valence-electron chi connectivity index (χ0n) is 18.6. The lowest BCUT2D eigenvalue weighted by atomic mass is 9.71. The van der Waals surface area contributed by atoms with E-state index in [0.717, 1.165) is 54.0 Å². The molecule has 3 aromatic rings. The average molecular weight is 440 g/mol. The third kappa shape index (κ3) is 4.42. The average Bonchev–Trinajstić information content (AvgIpc) is 3.11. The summed E-state index contributed by atoms with van der Waals surface area (Å²) < 4.78 is 11.0. The Bertz CT molecular complexity index is 1230. The van der Waals surface area contributed by atoms with Crippen LogP contribution in [0.25, 0.3) is 21.9 Å². The highest BCUT2D eigenvalue weighted by Gasteiger charge is 2.34. The second-order valence-electron chi connectivity index (χ2n) is 9.16. The first-order valence-electron chi connectivity index (χ1n) is 11.2. The third-order valence-corrected chi connectivity index (χ3v) is 6.88. The summed E-state index contributed by atoms with van der Waals surface area (Å²) in [7, 11) is 0. The summed E-state index contributed by atoms with van der Waals surface area (Å²) in [6, 6.07) is 3.69. The van der Waals surface area contributed by atoms with E-state index in [-0.39, 0.29) is 30.6 Å². The Balaban J connectivity index is 1.48. The Hall–Kier alpha value is -3.09. The van der Waals surface area contributed by atoms with Crippen LogP contribution in [0.15, 0.2) is 32.0 Å². The predicted octanol–water partition coefficient (Wildman–Crippen LogP) is 4.63. The van der Waals surface area contributed by atoms with Gasteiger partial charge in [-0.05, 0) is 55.7 Å². The minimum absolute atomic E-state index is 0.0720. The molecule has 0 unspecified atom stereocenters. The number of hydrogen-bond acceptors (Lipinski definition) is 5. The quantitative estimate of drug-likeness (QED) is 0.520. The summed E-state index contributed by atoms with van der Waals surface area (Å²) in [6.45, 7) is 4.19. The molecule has 7 nitrogen and oxygen atoms in total. The van der Waals surface area contributed by atoms with Crippen LogP contribution in [0, 0.1) is 19.3 Å². The summed E-state index contributed by atoms with van der Waals surface area (Å²) >= 11 is 0. The lowest BCUT2D eigenvalue weighted by Gasteiger charge is -2.36. The molecule has 0 bridgehead atoms. The van der Waals surface area contributed by atoms with E-state index >= 15 is 0 Å². The molecule has 0 radical (unpaired) electrons. The van der Waals surface area contributed by atoms with Gasteiger partial charge >= 0.3 is 11.6 Å². The maximum atomic E-state index is 12.6. The van der Waals surface area contributed by atoms with Crippen molar-refractivity contribution in [2.75, 3.05) is 6.54 Å². The van der Waals surface area contributed by atoms with Gasteiger partial charge in [-0.15, -0.1) is 0 Å². The van der Waals surface area contributed by atoms with Gasteiger partial charge in [0, 0.05) is 35.4 Å². The van der Waals surface area contributed by atoms with E-state index in [1.165, 1.54) is 0 Å². The Kier molecular flexibility index (Phi) is 6.09. The van der Waals surface area contributed by atoms with Gasteiger partial charge in [0.1, 0.15) is 11.2 Å². The molecule has 0 spiro atoms. The smallest absolute Gasteiger partial charge is 0.339 e. The molecular weight excluding hydrogens is 410 g/mol. The number of carboxylic acids is 1. The molecule has 4 rings (SSSR count). The van der Waals surface area contributed by atoms with E-state index in [4.69, 9.17) is 8.83 Å². The third-order valence-electron chi connectivity index (χ3n) is 6.88. The minimum atomic E-state index is -0.826. The molecule has 0 aliphatic heterocycles. The second-order valence-corrected chi connectivity index (χ2v) is 9.16. The van der Waals surface area contributed by atoms with Crippen LogP contribution in [0.4, 0.5) is 0 Å². The highest BCUT2D eigenvalue weighted by Crippen LogP contribution is 2.38. The van der Waals surface area contributed by atoms with Gasteiger partial charge in [0.15, 0.2) is 0 Å². The Labute approximate surface area is 185 Å². The lowest BCUT2D eigenvalue weighted by Crippen LogP contribution is -2.40. The largest absolute Gasteiger partial charge is 0.481 e. The van der Waals surface area contributed by atoms with Crippen LogP contribution in [0.2, 0.25) is 0 Å². The second kappa shape index (κ2) is 8.81. The Morgan fingerprint density at radius 3 is 2.56 bits per heavy atom. The number of benzene rings is 1. The number of carboxylic acid groups (broad SMARTS) is 1. The maximum Gasteiger partial charge on any atom is 0.339 e. The number of aliphatic carboxylic acids is 1. The Morgan fingerprint density at radius 1 is 1.09 bits per heavy atom. The number of carbonyl (C=O) groups excluding carboxylic acids is 1. The molecule has 1 fully saturated rings. The summed E-state index contributed by atoms with van der Waals surface area (Å²) in [4.78, 5) is 36.5. The van der Waals surface area contributed by atoms with E-state index in [1.807, 2.05) is 19.9 Å². The van der Waals surface area contributed by atoms with Crippen molar-refractivity contribution in [3.05, 3.63) is 45.5 Å². The molecule has 0 saturated heterocycles. The summed E-state index contributed by atoms with van der Waals surface area (Å²) in [5.74, 6) is -1.01. The minimum Gasteiger partial charge on any atom is -0.481 e. The highest BCUT2D eigenvalue weighted by molar-refractivity contribution is 5.96. The van der Waals surface area contributed by atoms with Gasteiger partial charge in [0.25, 0.3) is 0 Å². The van der Waals surface area contributed by atoms with Gasteiger partial charge in [0.05, 0.1) is 12.7 Å². The van der Waals surface area contributed by atoms with Crippen LogP contribution in [0.1, 0.15) is 61.6 Å². The number of aryl methyl sites for hydroxylation is 2. The molecule has 1 aliphatic carbocycles. The molecule has 0 atom stereocenters. The predicted molar refractivity (Wildman–Crippen MR) is 121 cm³/mol. The van der Waals surface area contributed by atoms with Gasteiger partial charge in [-0.25, -0.2) is 4.79 Å². The van der Waals surface area contributed by atoms with Crippen molar-refractivity contribution in [1.29, 1.82) is 0 Å². The molecule has 1 aromatic carbocycles. The number of amides is 1. The van der Waals surface area contributed by atoms with E-state index in [1.54, 1.807) is 12.3 Å². The first-order valence-corrected chi connectivity index (χ1v) is 11.2. The van der Waals surface area contributed by atoms with Gasteiger partial charge < -0.3 is 19.3 Å². The van der Waals surface area contributed by atoms with Crippen molar-refractivity contribution in [2.24, 2.45) is 5.41 Å². The van der Waals surface area contributed by atoms with Crippen LogP contribution in [0.5, 0.6) is 0 Å². The first kappa shape index (κ1) is 22.1. The molecule has 32 heavy (non-hydrogen) atoms. The van der Waals surface area contributed by atoms with Gasteiger partial charge in [-0.3, -0.25) is 9.59 Å². The van der Waals surface area contributed by atoms with E-state index < -0.39 is 11.6 Å². The number of nitrogens with one attached hydrogen (secondary N) is 1. The molecule has 2 N–H and O–H groups in total. The van der Waals surface area contributed by atoms with Crippen LogP contribution >= 0.6 is 0 Å². The van der Waals surface area contributed by atoms with Crippen molar-refractivity contribution >= 4 is 33.8 Å². The highest BCUT2D eigenvalue weighted by atomic mass is 16.4. The maximum absolute atomic E-state index is 12.6. The molecule has 1 aliphatic rings. The van der Waals surface area contributed by atoms with Crippen molar-refractivity contribution in [1.82, 2.24) is 5.32 Å². The normalized spacial score (nSPS) is 15.8. The van der Waals surface area contributed by atoms with Crippen LogP contribution in [-0.4, -0.2) is 23.5 Å². The summed E-state index contributed by atoms with van der Waals surface area (Å²) in [5, 5.41) is 14.0. The molecule has 2 aromatic heterocycles. The van der Waals surface area contributed by atoms with Crippen LogP contribution in [0.3, 0.4) is 0 Å². The van der Waals surface area contributed by atoms with Crippen molar-refractivity contribution in [3.8, 4) is 0 Å². The molecule has 7 heteroatoms. The topological polar surface area (TPSA) is 110 Å². The molecule has 1 saturated carbocycles. The van der Waals surface area contributed by atoms with Crippen molar-refractivity contribution in [3.63, 3.8) is 0 Å². The fourth-order valence-electron chi connectivity index (χ4n) is 4.98. The SMILES string of the molecule is Cc1coc2cc3oc(=O)c(CCC(=O)NCC4(CC(=O)O)CCCCC4)c(C)c3cc12. The van der Waals surface area contributed by atoms with Crippen LogP contribution in [-0.2, 0) is 16.0 Å². The van der Waals surface area contributed by atoms with Crippen molar-refractivity contribution in [2.45, 2.75) is 65.2 Å². The number of fused-ring (bicyclic) bond motifs is 2. The van der Waals surface area contributed by atoms with Gasteiger partial charge in [0.2, 0.25) is 5.91 Å². The first-order chi connectivity index (χ1) is 15.3. The molecular formula is C25H29NO6. The lowest BCUT2D eigenvalue weighted by molar-refractivity contribution is -0.140. The van der Waals surface area contributed by atoms with Crippen molar-refractivity contribution < 1.29 is 23.5 Å². The number of hydrogen-bond donors (Lipinski definition) is 2. The fourth-order valence-corrected chi connectivity index (χ4v) is 4.98. The fraction of sp³-hybridized carbons (Fsp3) is 0.480. The zero-order valence-corrected chi connectivity index (χ0v) is 18.6. The number of rotatable bonds is 7. The number of carbonyl (C=O) groups is 2. The molecule has 170 valence electrons. The number of furan rings is 1. The van der Waals surface area contributed by atoms with E-state index in [0.29, 0.717) is 23.3 Å². The van der Waals surface area contributed by atoms with Gasteiger partial charge in [-0.2, -0.15) is 0 Å². The Morgan fingerprint density at radius 2 is 1.84 bits per heavy atom. The standard InChI is InChI=1S/C25H29NO6/c1-15-13-31-20-11-21-19(10-18(15)20)16(2)17(24(30)32-21)6-7-22(27)26-14-25(12-23(28)29)8-4-3-5-9-25/h10-11,13H,3-9,12,14H2,1-2H3,(H,26,27)(H,28,29). The summed E-state index contributed by atoms with van der Waals surface area (Å²) in [6.07, 6.45) is 6.88. The van der Waals surface area contributed by atoms with Crippen LogP contribution < -0.4 is 10.9 Å². The summed E-state index contributed by atoms with van der Waals surface area (Å²) in [5.41, 5.74) is 2.63. The van der Waals surface area contributed by atoms with Gasteiger partial charge in [-0.1, -0.05) is 19.3 Å². The van der Waals surface area contributed by atoms with E-state index in [9.17, 15) is 19.5 Å². The zero-order chi connectivity index (χ0) is 22.9. The monoisotopic (exact) mass is 439 g/mol.